The van der Waals surface area contributed by atoms with Gasteiger partial charge in [-0.15, -0.1) is 0 Å². The Morgan fingerprint density at radius 1 is 1.21 bits per heavy atom. The molecular formula is C20H20N2O5S. The predicted molar refractivity (Wildman–Crippen MR) is 106 cm³/mol. The van der Waals surface area contributed by atoms with Crippen LogP contribution < -0.4 is 4.74 Å². The van der Waals surface area contributed by atoms with E-state index in [0.717, 1.165) is 33.7 Å². The van der Waals surface area contributed by atoms with Crippen LogP contribution in [0.5, 0.6) is 5.75 Å². The number of hydrogen-bond acceptors (Lipinski definition) is 6. The van der Waals surface area contributed by atoms with Crippen LogP contribution in [0.15, 0.2) is 47.6 Å². The third-order valence-corrected chi connectivity index (χ3v) is 5.11. The molecule has 2 amide bonds. The largest absolute Gasteiger partial charge is 0.497 e. The van der Waals surface area contributed by atoms with E-state index >= 15 is 0 Å². The summed E-state index contributed by atoms with van der Waals surface area (Å²) in [5.74, 6) is -0.329. The highest BCUT2D eigenvalue weighted by Gasteiger charge is 2.41. The first-order valence-corrected chi connectivity index (χ1v) is 9.52. The van der Waals surface area contributed by atoms with Crippen molar-refractivity contribution in [2.75, 3.05) is 13.7 Å². The van der Waals surface area contributed by atoms with E-state index in [1.165, 1.54) is 6.92 Å². The van der Waals surface area contributed by atoms with Crippen LogP contribution in [0.3, 0.4) is 0 Å². The maximum Gasteiger partial charge on any atom is 0.329 e. The molecule has 3 rings (SSSR count). The maximum atomic E-state index is 12.6. The SMILES string of the molecule is CCOC(=O)C(C)N1C(=O)S/C(=C\c2ccn(-c3ccc(OC)cc3)c2)C1=O. The number of aromatic nitrogens is 1. The Balaban J connectivity index is 1.78. The lowest BCUT2D eigenvalue weighted by atomic mass is 10.2. The van der Waals surface area contributed by atoms with Gasteiger partial charge in [0.2, 0.25) is 0 Å². The molecule has 7 nitrogen and oxygen atoms in total. The fourth-order valence-electron chi connectivity index (χ4n) is 2.75. The van der Waals surface area contributed by atoms with Crippen LogP contribution in [0, 0.1) is 0 Å². The van der Waals surface area contributed by atoms with Gasteiger partial charge < -0.3 is 14.0 Å². The molecule has 146 valence electrons. The highest BCUT2D eigenvalue weighted by atomic mass is 32.2. The summed E-state index contributed by atoms with van der Waals surface area (Å²) in [6, 6.07) is 8.43. The highest BCUT2D eigenvalue weighted by molar-refractivity contribution is 8.18. The fraction of sp³-hybridized carbons (Fsp3) is 0.250. The molecule has 1 fully saturated rings. The van der Waals surface area contributed by atoms with Crippen molar-refractivity contribution in [1.29, 1.82) is 0 Å². The minimum Gasteiger partial charge on any atom is -0.497 e. The number of carbonyl (C=O) groups is 3. The zero-order chi connectivity index (χ0) is 20.3. The normalized spacial score (nSPS) is 16.5. The van der Waals surface area contributed by atoms with Crippen LogP contribution >= 0.6 is 11.8 Å². The van der Waals surface area contributed by atoms with Gasteiger partial charge in [-0.2, -0.15) is 0 Å². The van der Waals surface area contributed by atoms with E-state index in [4.69, 9.17) is 9.47 Å². The molecule has 1 aromatic heterocycles. The Hall–Kier alpha value is -3.00. The van der Waals surface area contributed by atoms with Crippen molar-refractivity contribution in [1.82, 2.24) is 9.47 Å². The number of amides is 2. The standard InChI is InChI=1S/C20H20N2O5S/c1-4-27-19(24)13(2)22-18(23)17(28-20(22)25)11-14-9-10-21(12-14)15-5-7-16(26-3)8-6-15/h5-13H,4H2,1-3H3/b17-11-. The van der Waals surface area contributed by atoms with Crippen LogP contribution in [0.2, 0.25) is 0 Å². The lowest BCUT2D eigenvalue weighted by Crippen LogP contribution is -2.42. The summed E-state index contributed by atoms with van der Waals surface area (Å²) in [5, 5.41) is -0.480. The van der Waals surface area contributed by atoms with Crippen molar-refractivity contribution in [2.24, 2.45) is 0 Å². The second-order valence-corrected chi connectivity index (χ2v) is 7.02. The molecule has 0 aliphatic carbocycles. The van der Waals surface area contributed by atoms with Gasteiger partial charge in [0.25, 0.3) is 11.1 Å². The summed E-state index contributed by atoms with van der Waals surface area (Å²) in [6.45, 7) is 3.34. The molecular weight excluding hydrogens is 380 g/mol. The molecule has 2 aromatic rings. The lowest BCUT2D eigenvalue weighted by Gasteiger charge is -2.19. The van der Waals surface area contributed by atoms with E-state index in [1.54, 1.807) is 20.1 Å². The van der Waals surface area contributed by atoms with E-state index in [-0.39, 0.29) is 11.5 Å². The molecule has 1 aromatic carbocycles. The number of methoxy groups -OCH3 is 1. The van der Waals surface area contributed by atoms with E-state index in [0.29, 0.717) is 0 Å². The van der Waals surface area contributed by atoms with E-state index in [1.807, 2.05) is 47.3 Å². The van der Waals surface area contributed by atoms with Crippen molar-refractivity contribution in [3.63, 3.8) is 0 Å². The van der Waals surface area contributed by atoms with Crippen LogP contribution in [0.4, 0.5) is 4.79 Å². The lowest BCUT2D eigenvalue weighted by molar-refractivity contribution is -0.150. The molecule has 28 heavy (non-hydrogen) atoms. The Morgan fingerprint density at radius 2 is 1.93 bits per heavy atom. The quantitative estimate of drug-likeness (QED) is 0.546. The Kier molecular flexibility index (Phi) is 5.89. The third kappa shape index (κ3) is 3.96. The number of imide groups is 1. The number of ether oxygens (including phenoxy) is 2. The molecule has 1 unspecified atom stereocenters. The molecule has 0 bridgehead atoms. The third-order valence-electron chi connectivity index (χ3n) is 4.22. The number of rotatable bonds is 6. The first kappa shape index (κ1) is 19.8. The molecule has 0 spiro atoms. The number of carbonyl (C=O) groups excluding carboxylic acids is 3. The van der Waals surface area contributed by atoms with Crippen molar-refractivity contribution < 1.29 is 23.9 Å². The Morgan fingerprint density at radius 3 is 2.57 bits per heavy atom. The van der Waals surface area contributed by atoms with Crippen molar-refractivity contribution in [3.8, 4) is 11.4 Å². The number of hydrogen-bond donors (Lipinski definition) is 0. The number of benzene rings is 1. The van der Waals surface area contributed by atoms with E-state index < -0.39 is 23.2 Å². The second-order valence-electron chi connectivity index (χ2n) is 6.03. The van der Waals surface area contributed by atoms with Gasteiger partial charge in [-0.1, -0.05) is 0 Å². The molecule has 1 saturated heterocycles. The average molecular weight is 400 g/mol. The zero-order valence-corrected chi connectivity index (χ0v) is 16.6. The molecule has 0 N–H and O–H groups in total. The van der Waals surface area contributed by atoms with Crippen molar-refractivity contribution in [2.45, 2.75) is 19.9 Å². The van der Waals surface area contributed by atoms with Gasteiger partial charge in [0, 0.05) is 18.1 Å². The van der Waals surface area contributed by atoms with Gasteiger partial charge in [-0.3, -0.25) is 14.5 Å². The van der Waals surface area contributed by atoms with E-state index in [2.05, 4.69) is 0 Å². The van der Waals surface area contributed by atoms with Crippen LogP contribution in [-0.4, -0.2) is 46.3 Å². The van der Waals surface area contributed by atoms with Gasteiger partial charge in [-0.05, 0) is 67.6 Å². The van der Waals surface area contributed by atoms with Gasteiger partial charge in [0.1, 0.15) is 11.8 Å². The minimum absolute atomic E-state index is 0.189. The molecule has 0 saturated carbocycles. The predicted octanol–water partition coefficient (Wildman–Crippen LogP) is 3.47. The summed E-state index contributed by atoms with van der Waals surface area (Å²) >= 11 is 0.815. The Bertz CT molecular complexity index is 932. The smallest absolute Gasteiger partial charge is 0.329 e. The van der Waals surface area contributed by atoms with Gasteiger partial charge in [-0.25, -0.2) is 4.79 Å². The summed E-state index contributed by atoms with van der Waals surface area (Å²) < 4.78 is 12.0. The van der Waals surface area contributed by atoms with Gasteiger partial charge in [0.15, 0.2) is 0 Å². The first-order chi connectivity index (χ1) is 13.4. The molecule has 1 aliphatic heterocycles. The van der Waals surface area contributed by atoms with E-state index in [9.17, 15) is 14.4 Å². The summed E-state index contributed by atoms with van der Waals surface area (Å²) in [7, 11) is 1.61. The molecule has 2 heterocycles. The fourth-order valence-corrected chi connectivity index (χ4v) is 3.65. The highest BCUT2D eigenvalue weighted by Crippen LogP contribution is 2.34. The number of esters is 1. The van der Waals surface area contributed by atoms with Gasteiger partial charge in [0.05, 0.1) is 18.6 Å². The second kappa shape index (κ2) is 8.35. The maximum absolute atomic E-state index is 12.6. The summed E-state index contributed by atoms with van der Waals surface area (Å²) in [4.78, 5) is 37.9. The number of nitrogens with zero attached hydrogens (tertiary/aromatic N) is 2. The van der Waals surface area contributed by atoms with Crippen molar-refractivity contribution >= 4 is 35.0 Å². The minimum atomic E-state index is -0.956. The molecule has 0 radical (unpaired) electrons. The zero-order valence-electron chi connectivity index (χ0n) is 15.7. The first-order valence-electron chi connectivity index (χ1n) is 8.70. The average Bonchev–Trinajstić information content (AvgIpc) is 3.26. The van der Waals surface area contributed by atoms with Crippen LogP contribution in [-0.2, 0) is 14.3 Å². The Labute approximate surface area is 166 Å². The monoisotopic (exact) mass is 400 g/mol. The van der Waals surface area contributed by atoms with Crippen LogP contribution in [0.1, 0.15) is 19.4 Å². The van der Waals surface area contributed by atoms with Crippen molar-refractivity contribution in [3.05, 3.63) is 53.2 Å². The molecule has 1 aliphatic rings. The summed E-state index contributed by atoms with van der Waals surface area (Å²) in [6.07, 6.45) is 5.35. The molecule has 8 heteroatoms. The summed E-state index contributed by atoms with van der Waals surface area (Å²) in [5.41, 5.74) is 1.70. The molecule has 1 atom stereocenters. The number of thioether (sulfide) groups is 1. The topological polar surface area (TPSA) is 77.8 Å². The van der Waals surface area contributed by atoms with Gasteiger partial charge >= 0.3 is 5.97 Å². The van der Waals surface area contributed by atoms with Crippen LogP contribution in [0.25, 0.3) is 11.8 Å².